The number of β-amino-alcohol motifs (C(OH)–C–C–N with tert-alkyl or cyclic N) is 1. The number of nitrogens with zero attached hydrogens (tertiary/aromatic N) is 3. The van der Waals surface area contributed by atoms with Gasteiger partial charge in [-0.15, -0.1) is 0 Å². The normalized spacial score (nSPS) is 20.1. The molecule has 0 aliphatic carbocycles. The molecule has 16 heavy (non-hydrogen) atoms. The van der Waals surface area contributed by atoms with Crippen LogP contribution in [0.5, 0.6) is 0 Å². The Morgan fingerprint density at radius 1 is 1.50 bits per heavy atom. The molecule has 0 bridgehead atoms. The van der Waals surface area contributed by atoms with Crippen LogP contribution >= 0.6 is 0 Å². The van der Waals surface area contributed by atoms with Crippen molar-refractivity contribution in [1.29, 1.82) is 0 Å². The number of hydrogen-bond donors (Lipinski definition) is 1. The monoisotopic (exact) mass is 223 g/mol. The van der Waals surface area contributed by atoms with Crippen LogP contribution in [0.1, 0.15) is 19.4 Å². The third-order valence-corrected chi connectivity index (χ3v) is 3.54. The maximum atomic E-state index is 10.1. The molecule has 1 aliphatic rings. The molecule has 1 saturated heterocycles. The van der Waals surface area contributed by atoms with E-state index in [2.05, 4.69) is 30.0 Å². The first-order chi connectivity index (χ1) is 7.49. The van der Waals surface area contributed by atoms with Crippen molar-refractivity contribution in [3.63, 3.8) is 0 Å². The fraction of sp³-hybridized carbons (Fsp3) is 0.750. The SMILES string of the molecule is CC(C)C1(O)CN(CCc2cnn(C)c2)C1. The quantitative estimate of drug-likeness (QED) is 0.815. The summed E-state index contributed by atoms with van der Waals surface area (Å²) in [6.07, 6.45) is 4.98. The smallest absolute Gasteiger partial charge is 0.0922 e. The van der Waals surface area contributed by atoms with Crippen molar-refractivity contribution >= 4 is 0 Å². The summed E-state index contributed by atoms with van der Waals surface area (Å²) in [4.78, 5) is 2.30. The van der Waals surface area contributed by atoms with E-state index in [4.69, 9.17) is 0 Å². The van der Waals surface area contributed by atoms with E-state index < -0.39 is 5.60 Å². The summed E-state index contributed by atoms with van der Waals surface area (Å²) in [6, 6.07) is 0. The third-order valence-electron chi connectivity index (χ3n) is 3.54. The van der Waals surface area contributed by atoms with Gasteiger partial charge in [-0.1, -0.05) is 13.8 Å². The van der Waals surface area contributed by atoms with Crippen LogP contribution < -0.4 is 0 Å². The summed E-state index contributed by atoms with van der Waals surface area (Å²) < 4.78 is 1.83. The minimum Gasteiger partial charge on any atom is -0.387 e. The summed E-state index contributed by atoms with van der Waals surface area (Å²) in [7, 11) is 1.94. The lowest BCUT2D eigenvalue weighted by Gasteiger charge is -2.49. The van der Waals surface area contributed by atoms with Crippen LogP contribution in [-0.2, 0) is 13.5 Å². The van der Waals surface area contributed by atoms with Gasteiger partial charge in [0.2, 0.25) is 0 Å². The lowest BCUT2D eigenvalue weighted by Crippen LogP contribution is -2.64. The highest BCUT2D eigenvalue weighted by Crippen LogP contribution is 2.28. The number of likely N-dealkylation sites (tertiary alicyclic amines) is 1. The molecule has 0 spiro atoms. The second-order valence-electron chi connectivity index (χ2n) is 5.24. The molecular formula is C12H21N3O. The molecule has 1 aromatic rings. The fourth-order valence-corrected chi connectivity index (χ4v) is 2.14. The molecule has 0 atom stereocenters. The molecule has 0 radical (unpaired) electrons. The highest BCUT2D eigenvalue weighted by Gasteiger charge is 2.42. The van der Waals surface area contributed by atoms with Gasteiger partial charge in [-0.05, 0) is 17.9 Å². The van der Waals surface area contributed by atoms with E-state index in [0.717, 1.165) is 26.1 Å². The van der Waals surface area contributed by atoms with Crippen molar-refractivity contribution < 1.29 is 5.11 Å². The summed E-state index contributed by atoms with van der Waals surface area (Å²) in [5.41, 5.74) is 0.817. The number of hydrogen-bond acceptors (Lipinski definition) is 3. The van der Waals surface area contributed by atoms with Gasteiger partial charge < -0.3 is 5.11 Å². The fourth-order valence-electron chi connectivity index (χ4n) is 2.14. The second kappa shape index (κ2) is 4.18. The van der Waals surface area contributed by atoms with E-state index in [-0.39, 0.29) is 0 Å². The third kappa shape index (κ3) is 2.28. The lowest BCUT2D eigenvalue weighted by atomic mass is 9.83. The summed E-state index contributed by atoms with van der Waals surface area (Å²) in [5, 5.41) is 14.2. The predicted octanol–water partition coefficient (Wildman–Crippen LogP) is 0.665. The Bertz CT molecular complexity index is 353. The molecule has 0 saturated carbocycles. The van der Waals surface area contributed by atoms with Gasteiger partial charge in [0.05, 0.1) is 11.8 Å². The van der Waals surface area contributed by atoms with E-state index in [0.29, 0.717) is 5.92 Å². The molecule has 1 aliphatic heterocycles. The standard InChI is InChI=1S/C12H21N3O/c1-10(2)12(16)8-15(9-12)5-4-11-6-13-14(3)7-11/h6-7,10,16H,4-5,8-9H2,1-3H3. The Kier molecular flexibility index (Phi) is 3.04. The zero-order valence-electron chi connectivity index (χ0n) is 10.3. The Labute approximate surface area is 96.9 Å². The molecule has 90 valence electrons. The molecule has 2 heterocycles. The second-order valence-corrected chi connectivity index (χ2v) is 5.24. The van der Waals surface area contributed by atoms with Crippen molar-refractivity contribution in [1.82, 2.24) is 14.7 Å². The van der Waals surface area contributed by atoms with Crippen LogP contribution in [0.2, 0.25) is 0 Å². The predicted molar refractivity (Wildman–Crippen MR) is 63.1 cm³/mol. The minimum atomic E-state index is -0.449. The molecule has 0 unspecified atom stereocenters. The van der Waals surface area contributed by atoms with Crippen LogP contribution in [0.3, 0.4) is 0 Å². The number of aryl methyl sites for hydroxylation is 1. The van der Waals surface area contributed by atoms with Crippen molar-refractivity contribution in [2.24, 2.45) is 13.0 Å². The zero-order chi connectivity index (χ0) is 11.8. The maximum absolute atomic E-state index is 10.1. The van der Waals surface area contributed by atoms with Crippen LogP contribution in [0.4, 0.5) is 0 Å². The average molecular weight is 223 g/mol. The Morgan fingerprint density at radius 3 is 2.69 bits per heavy atom. The van der Waals surface area contributed by atoms with Crippen molar-refractivity contribution in [3.05, 3.63) is 18.0 Å². The van der Waals surface area contributed by atoms with Gasteiger partial charge >= 0.3 is 0 Å². The minimum absolute atomic E-state index is 0.349. The van der Waals surface area contributed by atoms with Crippen molar-refractivity contribution in [2.75, 3.05) is 19.6 Å². The summed E-state index contributed by atoms with van der Waals surface area (Å²) in [6.45, 7) is 6.80. The molecule has 4 heteroatoms. The topological polar surface area (TPSA) is 41.3 Å². The molecule has 2 rings (SSSR count). The van der Waals surface area contributed by atoms with E-state index in [1.54, 1.807) is 0 Å². The Morgan fingerprint density at radius 2 is 2.19 bits per heavy atom. The van der Waals surface area contributed by atoms with E-state index in [9.17, 15) is 5.11 Å². The first-order valence-electron chi connectivity index (χ1n) is 5.92. The van der Waals surface area contributed by atoms with Gasteiger partial charge in [0.1, 0.15) is 0 Å². The molecule has 1 fully saturated rings. The zero-order valence-corrected chi connectivity index (χ0v) is 10.3. The summed E-state index contributed by atoms with van der Waals surface area (Å²) in [5.74, 6) is 0.349. The van der Waals surface area contributed by atoms with E-state index in [1.165, 1.54) is 5.56 Å². The van der Waals surface area contributed by atoms with Crippen LogP contribution in [-0.4, -0.2) is 45.0 Å². The van der Waals surface area contributed by atoms with Gasteiger partial charge in [-0.25, -0.2) is 0 Å². The van der Waals surface area contributed by atoms with Crippen LogP contribution in [0.15, 0.2) is 12.4 Å². The number of aliphatic hydroxyl groups is 1. The van der Waals surface area contributed by atoms with E-state index in [1.807, 2.05) is 17.9 Å². The van der Waals surface area contributed by atoms with Crippen LogP contribution in [0.25, 0.3) is 0 Å². The van der Waals surface area contributed by atoms with Crippen LogP contribution in [0, 0.1) is 5.92 Å². The number of aromatic nitrogens is 2. The Balaban J connectivity index is 1.74. The van der Waals surface area contributed by atoms with Crippen molar-refractivity contribution in [3.8, 4) is 0 Å². The van der Waals surface area contributed by atoms with Crippen molar-refractivity contribution in [2.45, 2.75) is 25.9 Å². The molecular weight excluding hydrogens is 202 g/mol. The van der Waals surface area contributed by atoms with Gasteiger partial charge in [0.15, 0.2) is 0 Å². The molecule has 0 aromatic carbocycles. The average Bonchev–Trinajstić information content (AvgIpc) is 2.56. The van der Waals surface area contributed by atoms with Gasteiger partial charge in [0.25, 0.3) is 0 Å². The molecule has 4 nitrogen and oxygen atoms in total. The lowest BCUT2D eigenvalue weighted by molar-refractivity contribution is -0.126. The molecule has 0 amide bonds. The first-order valence-corrected chi connectivity index (χ1v) is 5.92. The molecule has 1 N–H and O–H groups in total. The van der Waals surface area contributed by atoms with Gasteiger partial charge in [-0.3, -0.25) is 9.58 Å². The Hall–Kier alpha value is -0.870. The highest BCUT2D eigenvalue weighted by molar-refractivity contribution is 5.05. The van der Waals surface area contributed by atoms with Gasteiger partial charge in [-0.2, -0.15) is 5.10 Å². The largest absolute Gasteiger partial charge is 0.387 e. The molecule has 1 aromatic heterocycles. The van der Waals surface area contributed by atoms with E-state index >= 15 is 0 Å². The first kappa shape index (κ1) is 11.6. The number of rotatable bonds is 4. The maximum Gasteiger partial charge on any atom is 0.0922 e. The highest BCUT2D eigenvalue weighted by atomic mass is 16.3. The van der Waals surface area contributed by atoms with Gasteiger partial charge in [0, 0.05) is 32.9 Å². The summed E-state index contributed by atoms with van der Waals surface area (Å²) >= 11 is 0.